The van der Waals surface area contributed by atoms with Crippen molar-refractivity contribution >= 4 is 0 Å². The van der Waals surface area contributed by atoms with Crippen molar-refractivity contribution in [1.29, 1.82) is 0 Å². The molecule has 1 rings (SSSR count). The summed E-state index contributed by atoms with van der Waals surface area (Å²) in [7, 11) is 0. The molecule has 0 aliphatic heterocycles. The van der Waals surface area contributed by atoms with Crippen LogP contribution in [-0.2, 0) is 0 Å². The molecule has 1 unspecified atom stereocenters. The largest absolute Gasteiger partial charge is 0.271 e. The van der Waals surface area contributed by atoms with Crippen LogP contribution in [0.5, 0.6) is 0 Å². The molecule has 0 saturated carbocycles. The minimum absolute atomic E-state index is 0.259. The van der Waals surface area contributed by atoms with Crippen molar-refractivity contribution in [3.05, 3.63) is 35.4 Å². The predicted octanol–water partition coefficient (Wildman–Crippen LogP) is 3.69. The summed E-state index contributed by atoms with van der Waals surface area (Å²) in [5.41, 5.74) is 3.14. The number of nitrogens with one attached hydrogen (secondary N) is 1. The van der Waals surface area contributed by atoms with E-state index in [0.29, 0.717) is 5.56 Å². The number of hydrazine groups is 1. The van der Waals surface area contributed by atoms with Crippen molar-refractivity contribution < 1.29 is 8.78 Å². The summed E-state index contributed by atoms with van der Waals surface area (Å²) in [6.07, 6.45) is 3.98. The first-order valence-corrected chi connectivity index (χ1v) is 6.55. The first-order chi connectivity index (χ1) is 8.63. The predicted molar refractivity (Wildman–Crippen MR) is 69.7 cm³/mol. The molecule has 0 amide bonds. The molecular formula is C14H22F2N2. The maximum absolute atomic E-state index is 13.8. The zero-order chi connectivity index (χ0) is 13.5. The van der Waals surface area contributed by atoms with Crippen molar-refractivity contribution in [2.75, 3.05) is 0 Å². The summed E-state index contributed by atoms with van der Waals surface area (Å²) in [5.74, 6) is 4.74. The Labute approximate surface area is 108 Å². The van der Waals surface area contributed by atoms with Gasteiger partial charge < -0.3 is 0 Å². The number of halogens is 2. The number of benzene rings is 1. The van der Waals surface area contributed by atoms with Gasteiger partial charge in [0.15, 0.2) is 0 Å². The van der Waals surface area contributed by atoms with Gasteiger partial charge in [-0.2, -0.15) is 0 Å². The molecule has 0 spiro atoms. The Hall–Kier alpha value is -1.00. The van der Waals surface area contributed by atoms with Gasteiger partial charge in [-0.3, -0.25) is 11.3 Å². The smallest absolute Gasteiger partial charge is 0.130 e. The molecule has 18 heavy (non-hydrogen) atoms. The highest BCUT2D eigenvalue weighted by Crippen LogP contribution is 2.30. The standard InChI is InChI=1S/C14H22F2N2/c1-3-5-10(6-4-2)14(18-17)12-8-7-11(15)9-13(12)16/h7-10,14,18H,3-6,17H2,1-2H3. The van der Waals surface area contributed by atoms with E-state index in [9.17, 15) is 8.78 Å². The van der Waals surface area contributed by atoms with Crippen LogP contribution < -0.4 is 11.3 Å². The summed E-state index contributed by atoms with van der Waals surface area (Å²) in [6.45, 7) is 4.19. The Bertz CT molecular complexity index is 363. The lowest BCUT2D eigenvalue weighted by Crippen LogP contribution is -2.34. The van der Waals surface area contributed by atoms with Crippen molar-refractivity contribution in [1.82, 2.24) is 5.43 Å². The number of nitrogens with two attached hydrogens (primary N) is 1. The minimum Gasteiger partial charge on any atom is -0.271 e. The summed E-state index contributed by atoms with van der Waals surface area (Å²) < 4.78 is 26.7. The van der Waals surface area contributed by atoms with Crippen LogP contribution in [0.2, 0.25) is 0 Å². The molecule has 102 valence electrons. The van der Waals surface area contributed by atoms with Crippen molar-refractivity contribution in [3.63, 3.8) is 0 Å². The summed E-state index contributed by atoms with van der Waals surface area (Å²) in [5, 5.41) is 0. The molecule has 2 nitrogen and oxygen atoms in total. The van der Waals surface area contributed by atoms with Gasteiger partial charge in [0.05, 0.1) is 6.04 Å². The Balaban J connectivity index is 2.98. The first-order valence-electron chi connectivity index (χ1n) is 6.55. The zero-order valence-corrected chi connectivity index (χ0v) is 11.0. The third kappa shape index (κ3) is 3.75. The number of hydrogen-bond acceptors (Lipinski definition) is 2. The Kier molecular flexibility index (Phi) is 6.22. The van der Waals surface area contributed by atoms with Gasteiger partial charge in [0.2, 0.25) is 0 Å². The van der Waals surface area contributed by atoms with Crippen molar-refractivity contribution in [2.24, 2.45) is 11.8 Å². The van der Waals surface area contributed by atoms with E-state index in [4.69, 9.17) is 5.84 Å². The zero-order valence-electron chi connectivity index (χ0n) is 11.0. The molecule has 4 heteroatoms. The van der Waals surface area contributed by atoms with Gasteiger partial charge in [0.1, 0.15) is 11.6 Å². The van der Waals surface area contributed by atoms with Gasteiger partial charge in [-0.25, -0.2) is 8.78 Å². The Morgan fingerprint density at radius 2 is 1.78 bits per heavy atom. The van der Waals surface area contributed by atoms with Crippen LogP contribution in [0.25, 0.3) is 0 Å². The van der Waals surface area contributed by atoms with E-state index in [0.717, 1.165) is 31.7 Å². The molecule has 1 atom stereocenters. The lowest BCUT2D eigenvalue weighted by Gasteiger charge is -2.27. The van der Waals surface area contributed by atoms with E-state index < -0.39 is 11.6 Å². The normalized spacial score (nSPS) is 13.0. The average Bonchev–Trinajstić information content (AvgIpc) is 2.33. The van der Waals surface area contributed by atoms with Crippen LogP contribution in [0, 0.1) is 17.6 Å². The average molecular weight is 256 g/mol. The molecule has 0 saturated heterocycles. The molecule has 3 N–H and O–H groups in total. The second kappa shape index (κ2) is 7.44. The molecule has 0 heterocycles. The van der Waals surface area contributed by atoms with Gasteiger partial charge in [0.25, 0.3) is 0 Å². The maximum atomic E-state index is 13.8. The van der Waals surface area contributed by atoms with Gasteiger partial charge in [-0.15, -0.1) is 0 Å². The second-order valence-corrected chi connectivity index (χ2v) is 4.65. The quantitative estimate of drug-likeness (QED) is 0.577. The lowest BCUT2D eigenvalue weighted by atomic mass is 9.86. The third-order valence-electron chi connectivity index (χ3n) is 3.27. The lowest BCUT2D eigenvalue weighted by molar-refractivity contribution is 0.311. The Morgan fingerprint density at radius 3 is 2.22 bits per heavy atom. The van der Waals surface area contributed by atoms with Gasteiger partial charge >= 0.3 is 0 Å². The molecule has 1 aromatic rings. The summed E-state index contributed by atoms with van der Waals surface area (Å²) in [6, 6.07) is 3.41. The number of rotatable bonds is 7. The fourth-order valence-corrected chi connectivity index (χ4v) is 2.45. The topological polar surface area (TPSA) is 38.0 Å². The van der Waals surface area contributed by atoms with Gasteiger partial charge in [-0.05, 0) is 24.8 Å². The molecule has 0 fully saturated rings. The van der Waals surface area contributed by atoms with Gasteiger partial charge in [-0.1, -0.05) is 32.8 Å². The summed E-state index contributed by atoms with van der Waals surface area (Å²) in [4.78, 5) is 0. The van der Waals surface area contributed by atoms with E-state index in [1.54, 1.807) is 0 Å². The fourth-order valence-electron chi connectivity index (χ4n) is 2.45. The molecule has 0 bridgehead atoms. The van der Waals surface area contributed by atoms with E-state index >= 15 is 0 Å². The molecule has 0 aliphatic carbocycles. The van der Waals surface area contributed by atoms with E-state index in [-0.39, 0.29) is 12.0 Å². The van der Waals surface area contributed by atoms with Crippen LogP contribution in [0.1, 0.15) is 51.1 Å². The Morgan fingerprint density at radius 1 is 1.17 bits per heavy atom. The van der Waals surface area contributed by atoms with Crippen LogP contribution in [0.3, 0.4) is 0 Å². The molecule has 0 aromatic heterocycles. The molecule has 0 aliphatic rings. The first kappa shape index (κ1) is 15.1. The van der Waals surface area contributed by atoms with Gasteiger partial charge in [0, 0.05) is 11.6 Å². The van der Waals surface area contributed by atoms with Crippen LogP contribution in [0.4, 0.5) is 8.78 Å². The highest BCUT2D eigenvalue weighted by Gasteiger charge is 2.23. The van der Waals surface area contributed by atoms with E-state index in [2.05, 4.69) is 19.3 Å². The minimum atomic E-state index is -0.561. The molecule has 1 aromatic carbocycles. The van der Waals surface area contributed by atoms with E-state index in [1.807, 2.05) is 0 Å². The third-order valence-corrected chi connectivity index (χ3v) is 3.27. The summed E-state index contributed by atoms with van der Waals surface area (Å²) >= 11 is 0. The highest BCUT2D eigenvalue weighted by molar-refractivity contribution is 5.22. The van der Waals surface area contributed by atoms with E-state index in [1.165, 1.54) is 12.1 Å². The molecule has 0 radical (unpaired) electrons. The molecular weight excluding hydrogens is 234 g/mol. The van der Waals surface area contributed by atoms with Crippen LogP contribution in [0.15, 0.2) is 18.2 Å². The SMILES string of the molecule is CCCC(CCC)C(NN)c1ccc(F)cc1F. The highest BCUT2D eigenvalue weighted by atomic mass is 19.1. The van der Waals surface area contributed by atoms with Crippen molar-refractivity contribution in [3.8, 4) is 0 Å². The van der Waals surface area contributed by atoms with Crippen molar-refractivity contribution in [2.45, 2.75) is 45.6 Å². The van der Waals surface area contributed by atoms with Crippen LogP contribution >= 0.6 is 0 Å². The fraction of sp³-hybridized carbons (Fsp3) is 0.571. The van der Waals surface area contributed by atoms with Crippen LogP contribution in [-0.4, -0.2) is 0 Å². The maximum Gasteiger partial charge on any atom is 0.130 e. The number of hydrogen-bond donors (Lipinski definition) is 2. The second-order valence-electron chi connectivity index (χ2n) is 4.65. The monoisotopic (exact) mass is 256 g/mol.